The van der Waals surface area contributed by atoms with Gasteiger partial charge in [-0.2, -0.15) is 0 Å². The van der Waals surface area contributed by atoms with Gasteiger partial charge in [0.25, 0.3) is 5.91 Å². The third-order valence-electron chi connectivity index (χ3n) is 4.40. The predicted octanol–water partition coefficient (Wildman–Crippen LogP) is 4.38. The Bertz CT molecular complexity index is 934. The second-order valence-corrected chi connectivity index (χ2v) is 7.61. The summed E-state index contributed by atoms with van der Waals surface area (Å²) in [4.78, 5) is 27.7. The average molecular weight is 410 g/mol. The molecule has 0 saturated carbocycles. The number of anilines is 1. The summed E-state index contributed by atoms with van der Waals surface area (Å²) in [5, 5.41) is 1.97. The van der Waals surface area contributed by atoms with Crippen LogP contribution in [0.25, 0.3) is 0 Å². The van der Waals surface area contributed by atoms with E-state index < -0.39 is 5.97 Å². The maximum Gasteiger partial charge on any atom is 0.310 e. The van der Waals surface area contributed by atoms with Crippen molar-refractivity contribution >= 4 is 28.9 Å². The van der Waals surface area contributed by atoms with Crippen molar-refractivity contribution in [3.63, 3.8) is 0 Å². The molecule has 0 fully saturated rings. The van der Waals surface area contributed by atoms with E-state index in [9.17, 15) is 9.59 Å². The molecule has 0 spiro atoms. The molecule has 0 aliphatic rings. The van der Waals surface area contributed by atoms with E-state index in [0.717, 1.165) is 21.7 Å². The minimum absolute atomic E-state index is 0.140. The van der Waals surface area contributed by atoms with Crippen molar-refractivity contribution in [2.75, 3.05) is 18.6 Å². The van der Waals surface area contributed by atoms with Crippen molar-refractivity contribution in [2.24, 2.45) is 0 Å². The van der Waals surface area contributed by atoms with Crippen LogP contribution in [0.15, 0.2) is 66.0 Å². The summed E-state index contributed by atoms with van der Waals surface area (Å²) in [6.45, 7) is 2.10. The summed E-state index contributed by atoms with van der Waals surface area (Å²) < 4.78 is 10.4. The molecule has 29 heavy (non-hydrogen) atoms. The maximum absolute atomic E-state index is 12.8. The van der Waals surface area contributed by atoms with Crippen molar-refractivity contribution in [3.8, 4) is 5.75 Å². The second kappa shape index (κ2) is 9.89. The van der Waals surface area contributed by atoms with Gasteiger partial charge >= 0.3 is 5.97 Å². The lowest BCUT2D eigenvalue weighted by Gasteiger charge is -2.22. The number of hydrogen-bond donors (Lipinski definition) is 0. The molecule has 1 amide bonds. The molecule has 5 nitrogen and oxygen atoms in total. The van der Waals surface area contributed by atoms with Gasteiger partial charge in [-0.25, -0.2) is 0 Å². The van der Waals surface area contributed by atoms with Crippen molar-refractivity contribution < 1.29 is 19.1 Å². The van der Waals surface area contributed by atoms with E-state index in [1.807, 2.05) is 60.8 Å². The molecule has 3 aromatic rings. The number of carbonyl (C=O) groups excluding carboxylic acids is 2. The van der Waals surface area contributed by atoms with Gasteiger partial charge in [0, 0.05) is 10.6 Å². The van der Waals surface area contributed by atoms with Gasteiger partial charge in [0.1, 0.15) is 5.75 Å². The Morgan fingerprint density at radius 2 is 1.72 bits per heavy atom. The minimum atomic E-state index is -0.423. The molecular formula is C23H23NO4S. The first-order chi connectivity index (χ1) is 14.0. The van der Waals surface area contributed by atoms with Crippen LogP contribution in [0.5, 0.6) is 5.75 Å². The van der Waals surface area contributed by atoms with Gasteiger partial charge in [-0.05, 0) is 48.2 Å². The number of carbonyl (C=O) groups is 2. The first kappa shape index (κ1) is 20.6. The monoisotopic (exact) mass is 409 g/mol. The normalized spacial score (nSPS) is 10.4. The van der Waals surface area contributed by atoms with Crippen LogP contribution in [-0.2, 0) is 27.3 Å². The zero-order valence-electron chi connectivity index (χ0n) is 16.5. The number of rotatable bonds is 8. The SMILES string of the molecule is COc1ccc(N(Cc2cccs2)C(=O)COC(=O)Cc2ccc(C)cc2)cc1. The number of esters is 1. The molecule has 0 aliphatic carbocycles. The van der Waals surface area contributed by atoms with Crippen LogP contribution in [0.4, 0.5) is 5.69 Å². The third kappa shape index (κ3) is 5.93. The summed E-state index contributed by atoms with van der Waals surface area (Å²) >= 11 is 1.57. The van der Waals surface area contributed by atoms with Crippen molar-refractivity contribution in [2.45, 2.75) is 19.9 Å². The van der Waals surface area contributed by atoms with E-state index in [2.05, 4.69) is 0 Å². The molecule has 0 saturated heterocycles. The Kier molecular flexibility index (Phi) is 7.03. The topological polar surface area (TPSA) is 55.8 Å². The van der Waals surface area contributed by atoms with Crippen molar-refractivity contribution in [1.29, 1.82) is 0 Å². The molecule has 0 atom stereocenters. The van der Waals surface area contributed by atoms with E-state index in [-0.39, 0.29) is 18.9 Å². The Morgan fingerprint density at radius 1 is 1.00 bits per heavy atom. The Hall–Kier alpha value is -3.12. The zero-order chi connectivity index (χ0) is 20.6. The highest BCUT2D eigenvalue weighted by Crippen LogP contribution is 2.23. The van der Waals surface area contributed by atoms with E-state index in [1.54, 1.807) is 35.5 Å². The quantitative estimate of drug-likeness (QED) is 0.518. The number of benzene rings is 2. The molecule has 150 valence electrons. The van der Waals surface area contributed by atoms with Gasteiger partial charge in [-0.3, -0.25) is 9.59 Å². The highest BCUT2D eigenvalue weighted by molar-refractivity contribution is 7.09. The van der Waals surface area contributed by atoms with Crippen LogP contribution in [0, 0.1) is 6.92 Å². The number of aryl methyl sites for hydroxylation is 1. The van der Waals surface area contributed by atoms with Crippen LogP contribution < -0.4 is 9.64 Å². The van der Waals surface area contributed by atoms with Crippen LogP contribution in [-0.4, -0.2) is 25.6 Å². The van der Waals surface area contributed by atoms with Gasteiger partial charge in [-0.1, -0.05) is 35.9 Å². The van der Waals surface area contributed by atoms with Crippen LogP contribution in [0.3, 0.4) is 0 Å². The molecule has 0 bridgehead atoms. The Labute approximate surface area is 174 Å². The summed E-state index contributed by atoms with van der Waals surface area (Å²) in [5.74, 6) is 0.00984. The molecule has 0 unspecified atom stereocenters. The number of hydrogen-bond acceptors (Lipinski definition) is 5. The molecular weight excluding hydrogens is 386 g/mol. The molecule has 0 N–H and O–H groups in total. The lowest BCUT2D eigenvalue weighted by atomic mass is 10.1. The van der Waals surface area contributed by atoms with E-state index in [1.165, 1.54) is 0 Å². The molecule has 1 aromatic heterocycles. The number of thiophene rings is 1. The zero-order valence-corrected chi connectivity index (χ0v) is 17.3. The fraction of sp³-hybridized carbons (Fsp3) is 0.217. The Balaban J connectivity index is 1.65. The fourth-order valence-electron chi connectivity index (χ4n) is 2.79. The number of methoxy groups -OCH3 is 1. The largest absolute Gasteiger partial charge is 0.497 e. The van der Waals surface area contributed by atoms with Crippen molar-refractivity contribution in [3.05, 3.63) is 82.0 Å². The molecule has 6 heteroatoms. The number of ether oxygens (including phenoxy) is 2. The van der Waals surface area contributed by atoms with Gasteiger partial charge < -0.3 is 14.4 Å². The average Bonchev–Trinajstić information content (AvgIpc) is 3.25. The highest BCUT2D eigenvalue weighted by Gasteiger charge is 2.19. The first-order valence-electron chi connectivity index (χ1n) is 9.23. The van der Waals surface area contributed by atoms with Gasteiger partial charge in [0.2, 0.25) is 0 Å². The summed E-state index contributed by atoms with van der Waals surface area (Å²) in [6.07, 6.45) is 0.140. The van der Waals surface area contributed by atoms with E-state index in [0.29, 0.717) is 12.3 Å². The Morgan fingerprint density at radius 3 is 2.34 bits per heavy atom. The van der Waals surface area contributed by atoms with Crippen LogP contribution in [0.2, 0.25) is 0 Å². The van der Waals surface area contributed by atoms with Crippen molar-refractivity contribution in [1.82, 2.24) is 0 Å². The standard InChI is InChI=1S/C23H23NO4S/c1-17-5-7-18(8-6-17)14-23(26)28-16-22(25)24(15-21-4-3-13-29-21)19-9-11-20(27-2)12-10-19/h3-13H,14-16H2,1-2H3. The fourth-order valence-corrected chi connectivity index (χ4v) is 3.48. The smallest absolute Gasteiger partial charge is 0.310 e. The van der Waals surface area contributed by atoms with Gasteiger partial charge in [0.05, 0.1) is 20.1 Å². The number of nitrogens with zero attached hydrogens (tertiary/aromatic N) is 1. The van der Waals surface area contributed by atoms with E-state index >= 15 is 0 Å². The van der Waals surface area contributed by atoms with Gasteiger partial charge in [-0.15, -0.1) is 11.3 Å². The maximum atomic E-state index is 12.8. The molecule has 0 aliphatic heterocycles. The van der Waals surface area contributed by atoms with Gasteiger partial charge in [0.15, 0.2) is 6.61 Å². The minimum Gasteiger partial charge on any atom is -0.497 e. The highest BCUT2D eigenvalue weighted by atomic mass is 32.1. The summed E-state index contributed by atoms with van der Waals surface area (Å²) in [6, 6.07) is 18.8. The molecule has 0 radical (unpaired) electrons. The molecule has 3 rings (SSSR count). The predicted molar refractivity (Wildman–Crippen MR) is 114 cm³/mol. The molecule has 1 heterocycles. The first-order valence-corrected chi connectivity index (χ1v) is 10.1. The number of amides is 1. The third-order valence-corrected chi connectivity index (χ3v) is 5.27. The van der Waals surface area contributed by atoms with Crippen LogP contribution in [0.1, 0.15) is 16.0 Å². The molecule has 2 aromatic carbocycles. The summed E-state index contributed by atoms with van der Waals surface area (Å²) in [5.41, 5.74) is 2.71. The van der Waals surface area contributed by atoms with Crippen LogP contribution >= 0.6 is 11.3 Å². The lowest BCUT2D eigenvalue weighted by molar-refractivity contribution is -0.147. The second-order valence-electron chi connectivity index (χ2n) is 6.58. The summed E-state index contributed by atoms with van der Waals surface area (Å²) in [7, 11) is 1.59. The van der Waals surface area contributed by atoms with E-state index in [4.69, 9.17) is 9.47 Å². The lowest BCUT2D eigenvalue weighted by Crippen LogP contribution is -2.34.